The van der Waals surface area contributed by atoms with Crippen LogP contribution in [0.25, 0.3) is 0 Å². The lowest BCUT2D eigenvalue weighted by atomic mass is 10.2. The molecule has 0 saturated heterocycles. The van der Waals surface area contributed by atoms with Crippen molar-refractivity contribution in [2.24, 2.45) is 0 Å². The van der Waals surface area contributed by atoms with E-state index in [-0.39, 0.29) is 0 Å². The first-order valence-electron chi connectivity index (χ1n) is 2.74. The lowest BCUT2D eigenvalue weighted by Gasteiger charge is -1.90. The van der Waals surface area contributed by atoms with Gasteiger partial charge in [-0.25, -0.2) is 0 Å². The van der Waals surface area contributed by atoms with Crippen LogP contribution in [-0.4, -0.2) is 5.71 Å². The summed E-state index contributed by atoms with van der Waals surface area (Å²) in [5, 5.41) is 15.2. The molecule has 0 spiro atoms. The number of rotatable bonds is 3. The molecule has 2 nitrogen and oxygen atoms in total. The fourth-order valence-corrected chi connectivity index (χ4v) is 0.384. The SMILES string of the molecule is CCC(=N)CCC#N. The lowest BCUT2D eigenvalue weighted by molar-refractivity contribution is 1.04. The summed E-state index contributed by atoms with van der Waals surface area (Å²) in [6.45, 7) is 1.93. The van der Waals surface area contributed by atoms with Gasteiger partial charge in [0.25, 0.3) is 0 Å². The molecule has 0 rings (SSSR count). The second-order valence-electron chi connectivity index (χ2n) is 1.62. The quantitative estimate of drug-likeness (QED) is 0.552. The van der Waals surface area contributed by atoms with Gasteiger partial charge in [0.15, 0.2) is 0 Å². The molecule has 0 aromatic heterocycles. The zero-order valence-corrected chi connectivity index (χ0v) is 5.07. The maximum atomic E-state index is 8.06. The van der Waals surface area contributed by atoms with Crippen molar-refractivity contribution in [2.75, 3.05) is 0 Å². The van der Waals surface area contributed by atoms with Crippen molar-refractivity contribution in [3.05, 3.63) is 0 Å². The average Bonchev–Trinajstić information content (AvgIpc) is 1.83. The minimum atomic E-state index is 0.493. The molecule has 0 aromatic carbocycles. The second-order valence-corrected chi connectivity index (χ2v) is 1.62. The summed E-state index contributed by atoms with van der Waals surface area (Å²) in [6.07, 6.45) is 1.92. The molecule has 2 heteroatoms. The van der Waals surface area contributed by atoms with Gasteiger partial charge in [-0.3, -0.25) is 0 Å². The summed E-state index contributed by atoms with van der Waals surface area (Å²) < 4.78 is 0. The lowest BCUT2D eigenvalue weighted by Crippen LogP contribution is -1.90. The van der Waals surface area contributed by atoms with Gasteiger partial charge in [-0.05, 0) is 12.8 Å². The highest BCUT2D eigenvalue weighted by molar-refractivity contribution is 5.81. The van der Waals surface area contributed by atoms with Gasteiger partial charge in [-0.15, -0.1) is 0 Å². The van der Waals surface area contributed by atoms with E-state index in [0.29, 0.717) is 18.6 Å². The highest BCUT2D eigenvalue weighted by Crippen LogP contribution is 1.91. The molecule has 1 N–H and O–H groups in total. The van der Waals surface area contributed by atoms with E-state index in [4.69, 9.17) is 10.7 Å². The van der Waals surface area contributed by atoms with Crippen LogP contribution in [0.15, 0.2) is 0 Å². The van der Waals surface area contributed by atoms with Gasteiger partial charge in [-0.2, -0.15) is 5.26 Å². The Bertz CT molecular complexity index is 110. The highest BCUT2D eigenvalue weighted by atomic mass is 14.4. The molecule has 0 heterocycles. The standard InChI is InChI=1S/C6H10N2/c1-2-6(8)4-3-5-7/h8H,2-4H2,1H3. The average molecular weight is 110 g/mol. The summed E-state index contributed by atoms with van der Waals surface area (Å²) in [5.41, 5.74) is 0.673. The molecular weight excluding hydrogens is 100 g/mol. The van der Waals surface area contributed by atoms with E-state index in [9.17, 15) is 0 Å². The number of hydrogen-bond acceptors (Lipinski definition) is 2. The molecule has 0 radical (unpaired) electrons. The number of nitrogens with one attached hydrogen (secondary N) is 1. The zero-order chi connectivity index (χ0) is 6.41. The molecule has 0 atom stereocenters. The highest BCUT2D eigenvalue weighted by Gasteiger charge is 1.89. The van der Waals surface area contributed by atoms with Crippen LogP contribution in [-0.2, 0) is 0 Å². The Labute approximate surface area is 49.6 Å². The van der Waals surface area contributed by atoms with Gasteiger partial charge in [0, 0.05) is 12.1 Å². The normalized spacial score (nSPS) is 8.00. The van der Waals surface area contributed by atoms with Crippen molar-refractivity contribution in [3.63, 3.8) is 0 Å². The van der Waals surface area contributed by atoms with Crippen molar-refractivity contribution in [3.8, 4) is 6.07 Å². The Morgan fingerprint density at radius 2 is 2.38 bits per heavy atom. The topological polar surface area (TPSA) is 47.6 Å². The minimum Gasteiger partial charge on any atom is -0.310 e. The van der Waals surface area contributed by atoms with E-state index in [2.05, 4.69) is 0 Å². The summed E-state index contributed by atoms with van der Waals surface area (Å²) >= 11 is 0. The van der Waals surface area contributed by atoms with Crippen LogP contribution in [0.2, 0.25) is 0 Å². The molecule has 44 valence electrons. The number of nitriles is 1. The number of hydrogen-bond donors (Lipinski definition) is 1. The van der Waals surface area contributed by atoms with Crippen molar-refractivity contribution < 1.29 is 0 Å². The van der Waals surface area contributed by atoms with Gasteiger partial charge in [0.05, 0.1) is 6.07 Å². The molecule has 0 saturated carbocycles. The van der Waals surface area contributed by atoms with Gasteiger partial charge in [-0.1, -0.05) is 6.92 Å². The Balaban J connectivity index is 3.15. The van der Waals surface area contributed by atoms with Crippen LogP contribution in [0, 0.1) is 16.7 Å². The first-order valence-corrected chi connectivity index (χ1v) is 2.74. The zero-order valence-electron chi connectivity index (χ0n) is 5.07. The Morgan fingerprint density at radius 3 is 2.75 bits per heavy atom. The molecule has 0 fully saturated rings. The summed E-state index contributed by atoms with van der Waals surface area (Å²) in [4.78, 5) is 0. The van der Waals surface area contributed by atoms with E-state index in [1.165, 1.54) is 0 Å². The Hall–Kier alpha value is -0.840. The second kappa shape index (κ2) is 4.32. The van der Waals surface area contributed by atoms with E-state index < -0.39 is 0 Å². The summed E-state index contributed by atoms with van der Waals surface area (Å²) in [6, 6.07) is 1.99. The molecule has 8 heavy (non-hydrogen) atoms. The smallest absolute Gasteiger partial charge is 0.0625 e. The van der Waals surface area contributed by atoms with Crippen LogP contribution >= 0.6 is 0 Å². The Kier molecular flexibility index (Phi) is 3.87. The molecule has 0 aromatic rings. The van der Waals surface area contributed by atoms with Crippen molar-refractivity contribution >= 4 is 5.71 Å². The molecule has 0 aliphatic rings. The van der Waals surface area contributed by atoms with E-state index in [1.807, 2.05) is 13.0 Å². The summed E-state index contributed by atoms with van der Waals surface area (Å²) in [5.74, 6) is 0. The first kappa shape index (κ1) is 7.16. The van der Waals surface area contributed by atoms with Crippen LogP contribution in [0.5, 0.6) is 0 Å². The fourth-order valence-electron chi connectivity index (χ4n) is 0.384. The molecular formula is C6H10N2. The molecule has 0 unspecified atom stereocenters. The predicted octanol–water partition coefficient (Wildman–Crippen LogP) is 1.72. The van der Waals surface area contributed by atoms with Crippen LogP contribution in [0.3, 0.4) is 0 Å². The van der Waals surface area contributed by atoms with E-state index in [1.54, 1.807) is 0 Å². The van der Waals surface area contributed by atoms with E-state index >= 15 is 0 Å². The van der Waals surface area contributed by atoms with Gasteiger partial charge in [0.1, 0.15) is 0 Å². The third-order valence-electron chi connectivity index (χ3n) is 0.965. The van der Waals surface area contributed by atoms with E-state index in [0.717, 1.165) is 6.42 Å². The summed E-state index contributed by atoms with van der Waals surface area (Å²) in [7, 11) is 0. The van der Waals surface area contributed by atoms with Crippen molar-refractivity contribution in [1.82, 2.24) is 0 Å². The van der Waals surface area contributed by atoms with Crippen LogP contribution < -0.4 is 0 Å². The number of nitrogens with zero attached hydrogens (tertiary/aromatic N) is 1. The largest absolute Gasteiger partial charge is 0.310 e. The molecule has 0 aliphatic carbocycles. The van der Waals surface area contributed by atoms with Crippen molar-refractivity contribution in [2.45, 2.75) is 26.2 Å². The minimum absolute atomic E-state index is 0.493. The maximum Gasteiger partial charge on any atom is 0.0625 e. The molecule has 0 bridgehead atoms. The maximum absolute atomic E-state index is 8.06. The first-order chi connectivity index (χ1) is 3.81. The van der Waals surface area contributed by atoms with Gasteiger partial charge in [0.2, 0.25) is 0 Å². The molecule has 0 aliphatic heterocycles. The predicted molar refractivity (Wildman–Crippen MR) is 32.9 cm³/mol. The molecule has 0 amide bonds. The monoisotopic (exact) mass is 110 g/mol. The Morgan fingerprint density at radius 1 is 1.75 bits per heavy atom. The van der Waals surface area contributed by atoms with Gasteiger partial charge < -0.3 is 5.41 Å². The fraction of sp³-hybridized carbons (Fsp3) is 0.667. The van der Waals surface area contributed by atoms with Crippen LogP contribution in [0.1, 0.15) is 26.2 Å². The third-order valence-corrected chi connectivity index (χ3v) is 0.965. The van der Waals surface area contributed by atoms with Gasteiger partial charge >= 0.3 is 0 Å². The van der Waals surface area contributed by atoms with Crippen LogP contribution in [0.4, 0.5) is 0 Å². The van der Waals surface area contributed by atoms with Crippen molar-refractivity contribution in [1.29, 1.82) is 10.7 Å². The third kappa shape index (κ3) is 3.35.